The predicted octanol–water partition coefficient (Wildman–Crippen LogP) is 2.91. The number of carbonyl (C=O) groups is 1. The Kier molecular flexibility index (Phi) is 5.28. The summed E-state index contributed by atoms with van der Waals surface area (Å²) >= 11 is 17.0. The summed E-state index contributed by atoms with van der Waals surface area (Å²) in [6, 6.07) is 4.35. The van der Waals surface area contributed by atoms with Crippen LogP contribution in [0.4, 0.5) is 5.69 Å². The lowest BCUT2D eigenvalue weighted by Crippen LogP contribution is -2.35. The second-order valence-electron chi connectivity index (χ2n) is 3.36. The lowest BCUT2D eigenvalue weighted by molar-refractivity contribution is -0.110. The summed E-state index contributed by atoms with van der Waals surface area (Å²) in [6.45, 7) is 0.970. The zero-order valence-corrected chi connectivity index (χ0v) is 12.4. The Balaban J connectivity index is 3.34. The molecule has 0 radical (unpaired) electrons. The minimum atomic E-state index is -3.66. The van der Waals surface area contributed by atoms with Gasteiger partial charge in [0.25, 0.3) is 0 Å². The average Bonchev–Trinajstić information content (AvgIpc) is 2.29. The van der Waals surface area contributed by atoms with Gasteiger partial charge in [-0.2, -0.15) is 0 Å². The van der Waals surface area contributed by atoms with Crippen molar-refractivity contribution in [1.82, 2.24) is 0 Å². The van der Waals surface area contributed by atoms with E-state index in [0.29, 0.717) is 5.02 Å². The molecule has 1 aromatic carbocycles. The van der Waals surface area contributed by atoms with Crippen molar-refractivity contribution in [3.63, 3.8) is 0 Å². The maximum absolute atomic E-state index is 11.9. The van der Waals surface area contributed by atoms with Crippen LogP contribution in [0.1, 0.15) is 6.92 Å². The first-order valence-corrected chi connectivity index (χ1v) is 7.66. The van der Waals surface area contributed by atoms with Gasteiger partial charge in [0.05, 0.1) is 16.5 Å². The first-order valence-electron chi connectivity index (χ1n) is 4.91. The molecule has 0 spiro atoms. The Morgan fingerprint density at radius 3 is 2.44 bits per heavy atom. The third kappa shape index (κ3) is 3.75. The highest BCUT2D eigenvalue weighted by atomic mass is 35.5. The van der Waals surface area contributed by atoms with E-state index in [1.54, 1.807) is 0 Å². The molecule has 0 aliphatic rings. The number of sulfonamides is 1. The van der Waals surface area contributed by atoms with Crippen LogP contribution in [-0.2, 0) is 14.8 Å². The van der Waals surface area contributed by atoms with Gasteiger partial charge in [0, 0.05) is 5.02 Å². The van der Waals surface area contributed by atoms with Crippen LogP contribution in [0.5, 0.6) is 0 Å². The summed E-state index contributed by atoms with van der Waals surface area (Å²) in [7, 11) is -3.66. The molecule has 0 aliphatic heterocycles. The van der Waals surface area contributed by atoms with Crippen molar-refractivity contribution in [3.8, 4) is 0 Å². The normalized spacial score (nSPS) is 11.3. The molecule has 0 atom stereocenters. The minimum absolute atomic E-state index is 0.139. The van der Waals surface area contributed by atoms with Gasteiger partial charge in [0.1, 0.15) is 6.54 Å². The molecule has 0 saturated heterocycles. The van der Waals surface area contributed by atoms with E-state index in [4.69, 9.17) is 34.8 Å². The van der Waals surface area contributed by atoms with Gasteiger partial charge in [-0.25, -0.2) is 8.42 Å². The van der Waals surface area contributed by atoms with E-state index in [9.17, 15) is 13.2 Å². The molecule has 0 saturated carbocycles. The summed E-state index contributed by atoms with van der Waals surface area (Å²) in [6.07, 6.45) is 0. The summed E-state index contributed by atoms with van der Waals surface area (Å²) in [5.74, 6) is -0.181. The van der Waals surface area contributed by atoms with E-state index >= 15 is 0 Å². The molecule has 0 N–H and O–H groups in total. The van der Waals surface area contributed by atoms with Crippen LogP contribution in [0.2, 0.25) is 10.0 Å². The van der Waals surface area contributed by atoms with E-state index in [-0.39, 0.29) is 16.5 Å². The first kappa shape index (κ1) is 15.6. The molecule has 0 bridgehead atoms. The number of rotatable bonds is 5. The van der Waals surface area contributed by atoms with Crippen molar-refractivity contribution < 1.29 is 13.2 Å². The van der Waals surface area contributed by atoms with Gasteiger partial charge in [-0.05, 0) is 36.7 Å². The maximum atomic E-state index is 11.9. The van der Waals surface area contributed by atoms with Gasteiger partial charge >= 0.3 is 0 Å². The molecular weight excluding hydrogens is 321 g/mol. The molecule has 0 fully saturated rings. The van der Waals surface area contributed by atoms with Crippen LogP contribution in [0.3, 0.4) is 0 Å². The molecule has 100 valence electrons. The molecule has 1 aromatic rings. The van der Waals surface area contributed by atoms with Crippen molar-refractivity contribution in [1.29, 1.82) is 0 Å². The Bertz CT molecular complexity index is 559. The van der Waals surface area contributed by atoms with E-state index in [0.717, 1.165) is 4.31 Å². The fourth-order valence-corrected chi connectivity index (χ4v) is 2.98. The second kappa shape index (κ2) is 6.10. The van der Waals surface area contributed by atoms with Crippen LogP contribution >= 0.6 is 34.8 Å². The van der Waals surface area contributed by atoms with Crippen molar-refractivity contribution >= 4 is 55.8 Å². The molecule has 8 heteroatoms. The van der Waals surface area contributed by atoms with Gasteiger partial charge in [0.15, 0.2) is 0 Å². The summed E-state index contributed by atoms with van der Waals surface area (Å²) < 4.78 is 24.7. The van der Waals surface area contributed by atoms with E-state index in [2.05, 4.69) is 0 Å². The molecule has 18 heavy (non-hydrogen) atoms. The summed E-state index contributed by atoms with van der Waals surface area (Å²) in [4.78, 5) is 11.0. The highest BCUT2D eigenvalue weighted by Gasteiger charge is 2.24. The van der Waals surface area contributed by atoms with Crippen molar-refractivity contribution in [2.24, 2.45) is 0 Å². The molecule has 4 nitrogen and oxygen atoms in total. The third-order valence-electron chi connectivity index (χ3n) is 2.15. The smallest absolute Gasteiger partial charge is 0.242 e. The minimum Gasteiger partial charge on any atom is -0.279 e. The second-order valence-corrected chi connectivity index (χ2v) is 6.81. The van der Waals surface area contributed by atoms with E-state index in [1.807, 2.05) is 0 Å². The van der Waals surface area contributed by atoms with Gasteiger partial charge < -0.3 is 0 Å². The van der Waals surface area contributed by atoms with Crippen molar-refractivity contribution in [2.45, 2.75) is 6.92 Å². The van der Waals surface area contributed by atoms with Crippen LogP contribution < -0.4 is 4.31 Å². The molecule has 0 amide bonds. The number of hydrogen-bond acceptors (Lipinski definition) is 3. The number of carbonyl (C=O) groups excluding carboxylic acids is 1. The first-order chi connectivity index (χ1) is 8.27. The van der Waals surface area contributed by atoms with Crippen molar-refractivity contribution in [2.75, 3.05) is 16.6 Å². The van der Waals surface area contributed by atoms with Gasteiger partial charge in [-0.3, -0.25) is 9.10 Å². The summed E-state index contributed by atoms with van der Waals surface area (Å²) in [5.41, 5.74) is 0.139. The van der Waals surface area contributed by atoms with Crippen LogP contribution in [0.25, 0.3) is 0 Å². The number of nitrogens with zero attached hydrogens (tertiary/aromatic N) is 1. The highest BCUT2D eigenvalue weighted by Crippen LogP contribution is 2.31. The average molecular weight is 331 g/mol. The molecule has 0 unspecified atom stereocenters. The predicted molar refractivity (Wildman–Crippen MR) is 74.1 cm³/mol. The Morgan fingerprint density at radius 1 is 1.33 bits per heavy atom. The van der Waals surface area contributed by atoms with E-state index in [1.165, 1.54) is 25.1 Å². The number of anilines is 1. The number of halogens is 3. The van der Waals surface area contributed by atoms with E-state index < -0.39 is 21.8 Å². The van der Waals surface area contributed by atoms with Gasteiger partial charge in [-0.15, -0.1) is 0 Å². The number of hydrogen-bond donors (Lipinski definition) is 0. The molecule has 0 aromatic heterocycles. The highest BCUT2D eigenvalue weighted by molar-refractivity contribution is 7.92. The van der Waals surface area contributed by atoms with Crippen LogP contribution in [0.15, 0.2) is 18.2 Å². The Hall–Kier alpha value is -0.490. The lowest BCUT2D eigenvalue weighted by atomic mass is 10.3. The quantitative estimate of drug-likeness (QED) is 0.780. The van der Waals surface area contributed by atoms with Crippen LogP contribution in [-0.4, -0.2) is 26.0 Å². The topological polar surface area (TPSA) is 54.5 Å². The number of benzene rings is 1. The maximum Gasteiger partial charge on any atom is 0.242 e. The zero-order chi connectivity index (χ0) is 13.9. The standard InChI is InChI=1S/C10H10Cl3NO3S/c1-2-18(16,17)14(6-10(13)15)9-5-7(11)3-4-8(9)12/h3-5H,2,6H2,1H3. The SMILES string of the molecule is CCS(=O)(=O)N(CC(=O)Cl)c1cc(Cl)ccc1Cl. The molecular formula is C10H10Cl3NO3S. The van der Waals surface area contributed by atoms with Crippen LogP contribution in [0, 0.1) is 0 Å². The van der Waals surface area contributed by atoms with Gasteiger partial charge in [0.2, 0.25) is 15.3 Å². The Morgan fingerprint density at radius 2 is 1.94 bits per heavy atom. The fourth-order valence-electron chi connectivity index (χ4n) is 1.28. The zero-order valence-electron chi connectivity index (χ0n) is 9.36. The fraction of sp³-hybridized carbons (Fsp3) is 0.300. The molecule has 0 heterocycles. The monoisotopic (exact) mass is 329 g/mol. The third-order valence-corrected chi connectivity index (χ3v) is 4.55. The largest absolute Gasteiger partial charge is 0.279 e. The summed E-state index contributed by atoms with van der Waals surface area (Å²) in [5, 5.41) is -0.315. The molecule has 0 aliphatic carbocycles. The molecule has 1 rings (SSSR count). The van der Waals surface area contributed by atoms with Gasteiger partial charge in [-0.1, -0.05) is 23.2 Å². The Labute approximate surface area is 120 Å². The van der Waals surface area contributed by atoms with Crippen molar-refractivity contribution in [3.05, 3.63) is 28.2 Å². The lowest BCUT2D eigenvalue weighted by Gasteiger charge is -2.23.